The van der Waals surface area contributed by atoms with Gasteiger partial charge >= 0.3 is 5.97 Å². The van der Waals surface area contributed by atoms with Crippen LogP contribution in [0.2, 0.25) is 0 Å². The zero-order valence-electron chi connectivity index (χ0n) is 10.3. The minimum Gasteiger partial charge on any atom is -0.477 e. The maximum atomic E-state index is 10.8. The number of hydrogen-bond acceptors (Lipinski definition) is 4. The lowest BCUT2D eigenvalue weighted by Crippen LogP contribution is -2.14. The molecule has 0 fully saturated rings. The third-order valence-corrected chi connectivity index (χ3v) is 3.84. The summed E-state index contributed by atoms with van der Waals surface area (Å²) in [4.78, 5) is 13.1. The number of nitriles is 1. The molecule has 0 atom stereocenters. The van der Waals surface area contributed by atoms with Gasteiger partial charge in [0.2, 0.25) is 0 Å². The molecular weight excluding hydrogens is 260 g/mol. The van der Waals surface area contributed by atoms with Gasteiger partial charge in [-0.25, -0.2) is 4.79 Å². The second-order valence-corrected chi connectivity index (χ2v) is 5.17. The van der Waals surface area contributed by atoms with E-state index in [0.717, 1.165) is 10.6 Å². The summed E-state index contributed by atoms with van der Waals surface area (Å²) in [5.41, 5.74) is 1.65. The minimum absolute atomic E-state index is 0.327. The van der Waals surface area contributed by atoms with Crippen LogP contribution >= 0.6 is 11.3 Å². The maximum absolute atomic E-state index is 10.8. The van der Waals surface area contributed by atoms with Crippen LogP contribution in [0.25, 0.3) is 0 Å². The molecule has 1 aromatic carbocycles. The van der Waals surface area contributed by atoms with E-state index in [1.165, 1.54) is 11.3 Å². The van der Waals surface area contributed by atoms with Crippen molar-refractivity contribution < 1.29 is 9.90 Å². The van der Waals surface area contributed by atoms with E-state index in [2.05, 4.69) is 6.07 Å². The van der Waals surface area contributed by atoms with Crippen molar-refractivity contribution in [1.82, 2.24) is 0 Å². The fraction of sp³-hybridized carbons (Fsp3) is 0.143. The summed E-state index contributed by atoms with van der Waals surface area (Å²) in [6.45, 7) is 0.634. The highest BCUT2D eigenvalue weighted by Crippen LogP contribution is 2.26. The molecule has 0 saturated carbocycles. The molecule has 0 radical (unpaired) electrons. The molecule has 19 heavy (non-hydrogen) atoms. The number of carboxylic acid groups (broad SMARTS) is 1. The van der Waals surface area contributed by atoms with Gasteiger partial charge in [-0.1, -0.05) is 12.1 Å². The van der Waals surface area contributed by atoms with Gasteiger partial charge in [0.25, 0.3) is 0 Å². The van der Waals surface area contributed by atoms with E-state index in [1.807, 2.05) is 30.1 Å². The summed E-state index contributed by atoms with van der Waals surface area (Å²) in [5, 5.41) is 18.6. The highest BCUT2D eigenvalue weighted by molar-refractivity contribution is 7.17. The first kappa shape index (κ1) is 13.1. The number of carbonyl (C=O) groups is 1. The highest BCUT2D eigenvalue weighted by atomic mass is 32.1. The Bertz CT molecular complexity index is 643. The monoisotopic (exact) mass is 272 g/mol. The van der Waals surface area contributed by atoms with Crippen molar-refractivity contribution in [1.29, 1.82) is 5.26 Å². The molecule has 5 heteroatoms. The molecule has 2 aromatic rings. The minimum atomic E-state index is -0.906. The molecule has 1 aromatic heterocycles. The summed E-state index contributed by atoms with van der Waals surface area (Å²) in [6, 6.07) is 12.9. The van der Waals surface area contributed by atoms with Crippen LogP contribution in [0.4, 0.5) is 5.00 Å². The lowest BCUT2D eigenvalue weighted by molar-refractivity contribution is 0.0702. The van der Waals surface area contributed by atoms with Crippen LogP contribution in [0.1, 0.15) is 20.8 Å². The van der Waals surface area contributed by atoms with Gasteiger partial charge in [0.1, 0.15) is 4.88 Å². The zero-order chi connectivity index (χ0) is 13.8. The van der Waals surface area contributed by atoms with Crippen LogP contribution in [-0.4, -0.2) is 18.1 Å². The summed E-state index contributed by atoms with van der Waals surface area (Å²) in [5.74, 6) is -0.906. The van der Waals surface area contributed by atoms with E-state index in [-0.39, 0.29) is 0 Å². The van der Waals surface area contributed by atoms with Crippen molar-refractivity contribution in [3.05, 3.63) is 52.4 Å². The molecule has 4 nitrogen and oxygen atoms in total. The third-order valence-electron chi connectivity index (χ3n) is 2.65. The quantitative estimate of drug-likeness (QED) is 0.929. The molecule has 96 valence electrons. The Morgan fingerprint density at radius 2 is 2.21 bits per heavy atom. The summed E-state index contributed by atoms with van der Waals surface area (Å²) in [6.07, 6.45) is 0. The second kappa shape index (κ2) is 5.55. The van der Waals surface area contributed by atoms with Crippen LogP contribution in [0.3, 0.4) is 0 Å². The van der Waals surface area contributed by atoms with E-state index in [4.69, 9.17) is 10.4 Å². The Kier molecular flexibility index (Phi) is 3.83. The molecule has 1 heterocycles. The van der Waals surface area contributed by atoms with E-state index in [9.17, 15) is 4.79 Å². The molecule has 2 rings (SSSR count). The molecule has 0 aliphatic carbocycles. The molecular formula is C14H12N2O2S. The fourth-order valence-corrected chi connectivity index (χ4v) is 2.54. The van der Waals surface area contributed by atoms with E-state index >= 15 is 0 Å². The molecule has 0 bridgehead atoms. The first-order valence-electron chi connectivity index (χ1n) is 5.63. The Hall–Kier alpha value is -2.32. The Labute approximate surface area is 115 Å². The average Bonchev–Trinajstić information content (AvgIpc) is 2.89. The maximum Gasteiger partial charge on any atom is 0.345 e. The number of anilines is 1. The Morgan fingerprint density at radius 1 is 1.42 bits per heavy atom. The molecule has 1 N–H and O–H groups in total. The van der Waals surface area contributed by atoms with Crippen molar-refractivity contribution in [2.24, 2.45) is 0 Å². The normalized spacial score (nSPS) is 9.89. The Morgan fingerprint density at radius 3 is 2.84 bits per heavy atom. The van der Waals surface area contributed by atoms with Gasteiger partial charge in [-0.3, -0.25) is 0 Å². The molecule has 0 aliphatic rings. The van der Waals surface area contributed by atoms with Gasteiger partial charge in [-0.15, -0.1) is 11.3 Å². The first-order chi connectivity index (χ1) is 9.10. The zero-order valence-corrected chi connectivity index (χ0v) is 11.1. The lowest BCUT2D eigenvalue weighted by Gasteiger charge is -2.17. The van der Waals surface area contributed by atoms with Gasteiger partial charge in [-0.05, 0) is 29.8 Å². The number of thiophene rings is 1. The van der Waals surface area contributed by atoms with Crippen LogP contribution in [0.5, 0.6) is 0 Å². The number of benzene rings is 1. The molecule has 0 amide bonds. The van der Waals surface area contributed by atoms with Gasteiger partial charge in [0, 0.05) is 13.6 Å². The molecule has 0 spiro atoms. The standard InChI is InChI=1S/C14H12N2O2S/c1-16(13-6-5-12(19-13)14(17)18)9-11-4-2-3-10(7-11)8-15/h2-7H,9H2,1H3,(H,17,18). The predicted molar refractivity (Wildman–Crippen MR) is 74.5 cm³/mol. The van der Waals surface area contributed by atoms with Crippen LogP contribution in [0.15, 0.2) is 36.4 Å². The van der Waals surface area contributed by atoms with Gasteiger partial charge in [0.05, 0.1) is 16.6 Å². The van der Waals surface area contributed by atoms with Crippen LogP contribution in [0, 0.1) is 11.3 Å². The number of carboxylic acids is 1. The predicted octanol–water partition coefficient (Wildman–Crippen LogP) is 2.95. The van der Waals surface area contributed by atoms with Crippen molar-refractivity contribution in [3.8, 4) is 6.07 Å². The molecule has 0 saturated heterocycles. The van der Waals surface area contributed by atoms with Crippen molar-refractivity contribution in [2.45, 2.75) is 6.54 Å². The number of hydrogen-bond donors (Lipinski definition) is 1. The van der Waals surface area contributed by atoms with E-state index in [0.29, 0.717) is 17.0 Å². The lowest BCUT2D eigenvalue weighted by atomic mass is 10.1. The van der Waals surface area contributed by atoms with E-state index in [1.54, 1.807) is 18.2 Å². The van der Waals surface area contributed by atoms with Gasteiger partial charge in [0.15, 0.2) is 0 Å². The first-order valence-corrected chi connectivity index (χ1v) is 6.45. The largest absolute Gasteiger partial charge is 0.477 e. The summed E-state index contributed by atoms with van der Waals surface area (Å²) in [7, 11) is 1.90. The van der Waals surface area contributed by atoms with Gasteiger partial charge in [-0.2, -0.15) is 5.26 Å². The van der Waals surface area contributed by atoms with E-state index < -0.39 is 5.97 Å². The van der Waals surface area contributed by atoms with Gasteiger partial charge < -0.3 is 10.0 Å². The topological polar surface area (TPSA) is 64.3 Å². The van der Waals surface area contributed by atoms with Crippen LogP contribution < -0.4 is 4.90 Å². The fourth-order valence-electron chi connectivity index (χ4n) is 1.74. The van der Waals surface area contributed by atoms with Crippen LogP contribution in [-0.2, 0) is 6.54 Å². The summed E-state index contributed by atoms with van der Waals surface area (Å²) >= 11 is 1.24. The third kappa shape index (κ3) is 3.12. The Balaban J connectivity index is 2.13. The number of aromatic carboxylic acids is 1. The highest BCUT2D eigenvalue weighted by Gasteiger charge is 2.10. The SMILES string of the molecule is CN(Cc1cccc(C#N)c1)c1ccc(C(=O)O)s1. The average molecular weight is 272 g/mol. The van der Waals surface area contributed by atoms with Crippen molar-refractivity contribution in [2.75, 3.05) is 11.9 Å². The number of nitrogens with zero attached hydrogens (tertiary/aromatic N) is 2. The molecule has 0 unspecified atom stereocenters. The number of rotatable bonds is 4. The van der Waals surface area contributed by atoms with Crippen molar-refractivity contribution in [3.63, 3.8) is 0 Å². The molecule has 0 aliphatic heterocycles. The van der Waals surface area contributed by atoms with Crippen molar-refractivity contribution >= 4 is 22.3 Å². The second-order valence-electron chi connectivity index (χ2n) is 4.11. The smallest absolute Gasteiger partial charge is 0.345 e. The summed E-state index contributed by atoms with van der Waals surface area (Å²) < 4.78 is 0.